The molecule has 1 aromatic carbocycles. The van der Waals surface area contributed by atoms with Gasteiger partial charge in [0.15, 0.2) is 0 Å². The van der Waals surface area contributed by atoms with Crippen molar-refractivity contribution in [1.82, 2.24) is 14.0 Å². The van der Waals surface area contributed by atoms with Crippen LogP contribution in [0.4, 0.5) is 4.39 Å². The van der Waals surface area contributed by atoms with Crippen LogP contribution in [0.5, 0.6) is 0 Å². The number of carbonyl (C=O) groups excluding carboxylic acids is 1. The second-order valence-corrected chi connectivity index (χ2v) is 6.42. The Hall–Kier alpha value is -3.81. The summed E-state index contributed by atoms with van der Waals surface area (Å²) in [5.74, 6) is -1.07. The molecule has 0 saturated heterocycles. The first-order valence-corrected chi connectivity index (χ1v) is 9.00. The molecule has 7 nitrogen and oxygen atoms in total. The Morgan fingerprint density at radius 2 is 1.97 bits per heavy atom. The fourth-order valence-corrected chi connectivity index (χ4v) is 3.18. The van der Waals surface area contributed by atoms with E-state index in [-0.39, 0.29) is 46.6 Å². The molecule has 0 aliphatic rings. The lowest BCUT2D eigenvalue weighted by Crippen LogP contribution is -2.31. The molecule has 0 fully saturated rings. The summed E-state index contributed by atoms with van der Waals surface area (Å²) >= 11 is 0. The van der Waals surface area contributed by atoms with Crippen LogP contribution in [-0.4, -0.2) is 26.5 Å². The third-order valence-electron chi connectivity index (χ3n) is 4.57. The molecule has 4 rings (SSSR count). The van der Waals surface area contributed by atoms with Gasteiger partial charge in [0.1, 0.15) is 28.2 Å². The van der Waals surface area contributed by atoms with Crippen LogP contribution in [0.2, 0.25) is 0 Å². The molecule has 0 saturated carbocycles. The first kappa shape index (κ1) is 18.5. The fourth-order valence-electron chi connectivity index (χ4n) is 3.18. The second-order valence-electron chi connectivity index (χ2n) is 6.42. The van der Waals surface area contributed by atoms with E-state index in [4.69, 9.17) is 10.1 Å². The minimum atomic E-state index is -0.690. The zero-order valence-corrected chi connectivity index (χ0v) is 15.6. The van der Waals surface area contributed by atoms with Gasteiger partial charge in [0.25, 0.3) is 5.56 Å². The van der Waals surface area contributed by atoms with Crippen LogP contribution in [-0.2, 0) is 11.3 Å². The van der Waals surface area contributed by atoms with Crippen molar-refractivity contribution in [2.24, 2.45) is 0 Å². The van der Waals surface area contributed by atoms with Crippen molar-refractivity contribution in [3.63, 3.8) is 0 Å². The van der Waals surface area contributed by atoms with Crippen LogP contribution in [0.25, 0.3) is 16.7 Å². The Labute approximate surface area is 164 Å². The molecule has 0 unspecified atom stereocenters. The third kappa shape index (κ3) is 3.29. The minimum Gasteiger partial charge on any atom is -0.462 e. The predicted octanol–water partition coefficient (Wildman–Crippen LogP) is 2.49. The van der Waals surface area contributed by atoms with Crippen molar-refractivity contribution in [1.29, 1.82) is 5.41 Å². The number of aromatic nitrogens is 3. The Morgan fingerprint density at radius 1 is 1.21 bits per heavy atom. The maximum atomic E-state index is 13.3. The minimum absolute atomic E-state index is 0.0313. The lowest BCUT2D eigenvalue weighted by Gasteiger charge is -2.14. The van der Waals surface area contributed by atoms with Gasteiger partial charge in [-0.2, -0.15) is 0 Å². The maximum absolute atomic E-state index is 13.3. The number of hydrogen-bond donors (Lipinski definition) is 1. The Balaban J connectivity index is 2.05. The smallest absolute Gasteiger partial charge is 0.341 e. The van der Waals surface area contributed by atoms with E-state index in [1.807, 2.05) is 0 Å². The molecule has 0 atom stereocenters. The van der Waals surface area contributed by atoms with Gasteiger partial charge in [-0.25, -0.2) is 14.2 Å². The summed E-state index contributed by atoms with van der Waals surface area (Å²) in [7, 11) is 0. The van der Waals surface area contributed by atoms with Crippen LogP contribution in [0.1, 0.15) is 22.8 Å². The average Bonchev–Trinajstić information content (AvgIpc) is 2.72. The number of nitrogens with one attached hydrogen (secondary N) is 1. The first-order valence-electron chi connectivity index (χ1n) is 9.00. The molecule has 146 valence electrons. The van der Waals surface area contributed by atoms with E-state index in [9.17, 15) is 14.0 Å². The van der Waals surface area contributed by atoms with E-state index in [1.165, 1.54) is 27.2 Å². The third-order valence-corrected chi connectivity index (χ3v) is 4.57. The Kier molecular flexibility index (Phi) is 4.67. The van der Waals surface area contributed by atoms with Gasteiger partial charge in [0.05, 0.1) is 18.5 Å². The van der Waals surface area contributed by atoms with Gasteiger partial charge in [-0.1, -0.05) is 18.2 Å². The van der Waals surface area contributed by atoms with Gasteiger partial charge in [-0.15, -0.1) is 0 Å². The highest BCUT2D eigenvalue weighted by Gasteiger charge is 2.18. The Morgan fingerprint density at radius 3 is 2.69 bits per heavy atom. The topological polar surface area (TPSA) is 89.4 Å². The number of fused-ring (bicyclic) bond motifs is 2. The van der Waals surface area contributed by atoms with Crippen molar-refractivity contribution in [2.75, 3.05) is 6.61 Å². The van der Waals surface area contributed by atoms with Gasteiger partial charge < -0.3 is 9.30 Å². The van der Waals surface area contributed by atoms with E-state index in [0.29, 0.717) is 11.2 Å². The highest BCUT2D eigenvalue weighted by Crippen LogP contribution is 2.13. The molecule has 4 aromatic rings. The molecular weight excluding hydrogens is 375 g/mol. The van der Waals surface area contributed by atoms with Crippen LogP contribution in [0.3, 0.4) is 0 Å². The van der Waals surface area contributed by atoms with Crippen molar-refractivity contribution < 1.29 is 13.9 Å². The number of benzene rings is 1. The number of hydrogen-bond acceptors (Lipinski definition) is 5. The summed E-state index contributed by atoms with van der Waals surface area (Å²) in [4.78, 5) is 30.0. The Bertz CT molecular complexity index is 1360. The largest absolute Gasteiger partial charge is 0.462 e. The molecule has 0 spiro atoms. The van der Waals surface area contributed by atoms with Gasteiger partial charge in [-0.3, -0.25) is 14.6 Å². The molecule has 0 bridgehead atoms. The molecule has 8 heteroatoms. The molecule has 0 aliphatic heterocycles. The van der Waals surface area contributed by atoms with Crippen molar-refractivity contribution in [3.05, 3.63) is 87.5 Å². The summed E-state index contributed by atoms with van der Waals surface area (Å²) in [5, 5.41) is 8.74. The number of rotatable bonds is 4. The zero-order valence-electron chi connectivity index (χ0n) is 15.6. The predicted molar refractivity (Wildman–Crippen MR) is 104 cm³/mol. The molecule has 0 radical (unpaired) electrons. The van der Waals surface area contributed by atoms with Crippen molar-refractivity contribution in [2.45, 2.75) is 13.5 Å². The highest BCUT2D eigenvalue weighted by molar-refractivity contribution is 5.93. The van der Waals surface area contributed by atoms with E-state index in [0.717, 1.165) is 0 Å². The number of esters is 1. The highest BCUT2D eigenvalue weighted by atomic mass is 19.1. The average molecular weight is 392 g/mol. The van der Waals surface area contributed by atoms with E-state index in [2.05, 4.69) is 4.98 Å². The summed E-state index contributed by atoms with van der Waals surface area (Å²) in [6, 6.07) is 12.3. The SMILES string of the molecule is CCOC(=O)c1cc2c(=O)n3ccccc3nc2n(Cc2ccc(F)cc2)c1=N. The molecule has 0 amide bonds. The van der Waals surface area contributed by atoms with Gasteiger partial charge in [0, 0.05) is 6.20 Å². The van der Waals surface area contributed by atoms with Crippen LogP contribution in [0.15, 0.2) is 59.5 Å². The van der Waals surface area contributed by atoms with E-state index < -0.39 is 5.97 Å². The number of carbonyl (C=O) groups is 1. The second kappa shape index (κ2) is 7.31. The normalized spacial score (nSPS) is 11.1. The van der Waals surface area contributed by atoms with Crippen molar-refractivity contribution in [3.8, 4) is 0 Å². The van der Waals surface area contributed by atoms with Crippen molar-refractivity contribution >= 4 is 22.6 Å². The number of pyridine rings is 2. The molecule has 3 heterocycles. The van der Waals surface area contributed by atoms with Crippen LogP contribution < -0.4 is 11.0 Å². The van der Waals surface area contributed by atoms with Gasteiger partial charge in [-0.05, 0) is 42.8 Å². The number of halogens is 1. The fraction of sp³-hybridized carbons (Fsp3) is 0.143. The molecule has 29 heavy (non-hydrogen) atoms. The number of nitrogens with zero attached hydrogens (tertiary/aromatic N) is 3. The zero-order chi connectivity index (χ0) is 20.5. The summed E-state index contributed by atoms with van der Waals surface area (Å²) in [6.07, 6.45) is 1.59. The molecule has 3 aromatic heterocycles. The summed E-state index contributed by atoms with van der Waals surface area (Å²) in [6.45, 7) is 1.95. The quantitative estimate of drug-likeness (QED) is 0.427. The monoisotopic (exact) mass is 392 g/mol. The first-order chi connectivity index (χ1) is 14.0. The maximum Gasteiger partial charge on any atom is 0.341 e. The van der Waals surface area contributed by atoms with Crippen LogP contribution >= 0.6 is 0 Å². The molecular formula is C21H17FN4O3. The lowest BCUT2D eigenvalue weighted by atomic mass is 10.1. The lowest BCUT2D eigenvalue weighted by molar-refractivity contribution is 0.0523. The summed E-state index contributed by atoms with van der Waals surface area (Å²) < 4.78 is 21.2. The standard InChI is InChI=1S/C21H17FN4O3/c1-2-29-21(28)15-11-16-19(24-17-5-3-4-10-25(17)20(16)27)26(18(15)23)12-13-6-8-14(22)9-7-13/h3-11,23H,2,12H2,1H3. The van der Waals surface area contributed by atoms with E-state index in [1.54, 1.807) is 43.5 Å². The van der Waals surface area contributed by atoms with Crippen LogP contribution in [0, 0.1) is 11.2 Å². The molecule has 1 N–H and O–H groups in total. The number of ether oxygens (including phenoxy) is 1. The van der Waals surface area contributed by atoms with Gasteiger partial charge in [0.2, 0.25) is 0 Å². The van der Waals surface area contributed by atoms with Gasteiger partial charge >= 0.3 is 5.97 Å². The summed E-state index contributed by atoms with van der Waals surface area (Å²) in [5.41, 5.74) is 0.861. The molecule has 0 aliphatic carbocycles. The van der Waals surface area contributed by atoms with E-state index >= 15 is 0 Å².